The van der Waals surface area contributed by atoms with Crippen molar-refractivity contribution in [1.82, 2.24) is 9.78 Å². The first-order valence-corrected chi connectivity index (χ1v) is 8.29. The molecular weight excluding hydrogens is 298 g/mol. The zero-order chi connectivity index (χ0) is 15.7. The van der Waals surface area contributed by atoms with Crippen molar-refractivity contribution in [1.29, 1.82) is 0 Å². The molecule has 1 aromatic carbocycles. The number of hydrogen-bond donors (Lipinski definition) is 1. The second-order valence-electron chi connectivity index (χ2n) is 5.55. The summed E-state index contributed by atoms with van der Waals surface area (Å²) in [5, 5.41) is 7.29. The van der Waals surface area contributed by atoms with Crippen molar-refractivity contribution in [2.24, 2.45) is 7.05 Å². The largest absolute Gasteiger partial charge is 0.491 e. The molecule has 2 aromatic rings. The standard InChI is InChI=1S/C16H19N3O2S/c1-10(2)21-12-6-4-11(5-7-12)15-13-8-17-19(3)16(13)18-14(20)9-22-15/h4-8,10,15H,9H2,1-3H3,(H,18,20)/t15-/m1/s1. The molecule has 0 bridgehead atoms. The minimum atomic E-state index is 0.0112. The van der Waals surface area contributed by atoms with Crippen molar-refractivity contribution in [3.8, 4) is 5.75 Å². The fourth-order valence-corrected chi connectivity index (χ4v) is 3.58. The Morgan fingerprint density at radius 1 is 1.36 bits per heavy atom. The predicted molar refractivity (Wildman–Crippen MR) is 88.3 cm³/mol. The molecule has 0 saturated heterocycles. The summed E-state index contributed by atoms with van der Waals surface area (Å²) in [6, 6.07) is 8.07. The van der Waals surface area contributed by atoms with Gasteiger partial charge in [-0.05, 0) is 31.5 Å². The predicted octanol–water partition coefficient (Wildman–Crippen LogP) is 2.98. The third kappa shape index (κ3) is 2.97. The van der Waals surface area contributed by atoms with Crippen LogP contribution in [0.4, 0.5) is 5.82 Å². The van der Waals surface area contributed by atoms with Gasteiger partial charge in [-0.25, -0.2) is 0 Å². The third-order valence-corrected chi connectivity index (χ3v) is 4.73. The lowest BCUT2D eigenvalue weighted by atomic mass is 10.1. The number of benzene rings is 1. The van der Waals surface area contributed by atoms with E-state index in [-0.39, 0.29) is 17.3 Å². The second kappa shape index (κ2) is 6.04. The van der Waals surface area contributed by atoms with E-state index in [1.54, 1.807) is 16.4 Å². The van der Waals surface area contributed by atoms with Gasteiger partial charge in [0.2, 0.25) is 5.91 Å². The summed E-state index contributed by atoms with van der Waals surface area (Å²) in [5.74, 6) is 2.08. The molecule has 1 aliphatic heterocycles. The molecule has 1 N–H and O–H groups in total. The van der Waals surface area contributed by atoms with Crippen LogP contribution in [0.2, 0.25) is 0 Å². The van der Waals surface area contributed by atoms with Crippen LogP contribution in [0.1, 0.15) is 30.2 Å². The van der Waals surface area contributed by atoms with E-state index in [0.29, 0.717) is 5.75 Å². The van der Waals surface area contributed by atoms with Crippen LogP contribution >= 0.6 is 11.8 Å². The zero-order valence-corrected chi connectivity index (χ0v) is 13.7. The molecule has 1 atom stereocenters. The summed E-state index contributed by atoms with van der Waals surface area (Å²) in [7, 11) is 1.84. The SMILES string of the molecule is CC(C)Oc1ccc([C@H]2SCC(=O)Nc3c2cnn3C)cc1. The molecular formula is C16H19N3O2S. The van der Waals surface area contributed by atoms with E-state index in [1.807, 2.05) is 39.2 Å². The van der Waals surface area contributed by atoms with Gasteiger partial charge in [0.05, 0.1) is 23.3 Å². The Hall–Kier alpha value is -1.95. The van der Waals surface area contributed by atoms with E-state index in [0.717, 1.165) is 22.7 Å². The van der Waals surface area contributed by atoms with E-state index >= 15 is 0 Å². The normalized spacial score (nSPS) is 17.8. The van der Waals surface area contributed by atoms with Crippen molar-refractivity contribution in [3.05, 3.63) is 41.6 Å². The first-order chi connectivity index (χ1) is 10.5. The molecule has 1 aliphatic rings. The fraction of sp³-hybridized carbons (Fsp3) is 0.375. The van der Waals surface area contributed by atoms with E-state index in [9.17, 15) is 4.79 Å². The summed E-state index contributed by atoms with van der Waals surface area (Å²) in [4.78, 5) is 11.9. The molecule has 0 radical (unpaired) electrons. The van der Waals surface area contributed by atoms with Crippen molar-refractivity contribution >= 4 is 23.5 Å². The summed E-state index contributed by atoms with van der Waals surface area (Å²) in [5.41, 5.74) is 2.18. The topological polar surface area (TPSA) is 56.1 Å². The van der Waals surface area contributed by atoms with Gasteiger partial charge < -0.3 is 10.1 Å². The minimum absolute atomic E-state index is 0.0112. The van der Waals surface area contributed by atoms with Gasteiger partial charge in [-0.15, -0.1) is 11.8 Å². The van der Waals surface area contributed by atoms with Crippen LogP contribution in [0.3, 0.4) is 0 Å². The average Bonchev–Trinajstić information content (AvgIpc) is 2.73. The van der Waals surface area contributed by atoms with Gasteiger partial charge >= 0.3 is 0 Å². The van der Waals surface area contributed by atoms with Crippen molar-refractivity contribution < 1.29 is 9.53 Å². The molecule has 1 aromatic heterocycles. The van der Waals surface area contributed by atoms with Crippen molar-refractivity contribution in [3.63, 3.8) is 0 Å². The van der Waals surface area contributed by atoms with Gasteiger partial charge in [0, 0.05) is 12.6 Å². The molecule has 0 fully saturated rings. The first-order valence-electron chi connectivity index (χ1n) is 7.24. The lowest BCUT2D eigenvalue weighted by molar-refractivity contribution is -0.113. The van der Waals surface area contributed by atoms with Crippen LogP contribution < -0.4 is 10.1 Å². The number of aryl methyl sites for hydroxylation is 1. The molecule has 0 unspecified atom stereocenters. The van der Waals surface area contributed by atoms with Crippen molar-refractivity contribution in [2.75, 3.05) is 11.1 Å². The van der Waals surface area contributed by atoms with Crippen LogP contribution in [-0.2, 0) is 11.8 Å². The highest BCUT2D eigenvalue weighted by Crippen LogP contribution is 2.41. The van der Waals surface area contributed by atoms with E-state index in [4.69, 9.17) is 4.74 Å². The number of hydrogen-bond acceptors (Lipinski definition) is 4. The summed E-state index contributed by atoms with van der Waals surface area (Å²) < 4.78 is 7.39. The highest BCUT2D eigenvalue weighted by molar-refractivity contribution is 8.00. The maximum absolute atomic E-state index is 11.9. The Balaban J connectivity index is 1.92. The van der Waals surface area contributed by atoms with Gasteiger partial charge in [-0.2, -0.15) is 5.10 Å². The maximum Gasteiger partial charge on any atom is 0.235 e. The Bertz CT molecular complexity index is 679. The molecule has 116 valence electrons. The monoisotopic (exact) mass is 317 g/mol. The van der Waals surface area contributed by atoms with Gasteiger partial charge in [0.15, 0.2) is 0 Å². The van der Waals surface area contributed by atoms with Gasteiger partial charge in [-0.3, -0.25) is 9.48 Å². The lowest BCUT2D eigenvalue weighted by Gasteiger charge is -2.15. The maximum atomic E-state index is 11.9. The summed E-state index contributed by atoms with van der Waals surface area (Å²) in [6.45, 7) is 4.02. The number of thioether (sulfide) groups is 1. The number of carbonyl (C=O) groups excluding carboxylic acids is 1. The third-order valence-electron chi connectivity index (χ3n) is 3.44. The number of fused-ring (bicyclic) bond motifs is 1. The number of nitrogens with zero attached hydrogens (tertiary/aromatic N) is 2. The molecule has 22 heavy (non-hydrogen) atoms. The number of aromatic nitrogens is 2. The van der Waals surface area contributed by atoms with Crippen molar-refractivity contribution in [2.45, 2.75) is 25.2 Å². The minimum Gasteiger partial charge on any atom is -0.491 e. The van der Waals surface area contributed by atoms with Crippen LogP contribution in [0, 0.1) is 0 Å². The molecule has 5 nitrogen and oxygen atoms in total. The molecule has 0 saturated carbocycles. The summed E-state index contributed by atoms with van der Waals surface area (Å²) in [6.07, 6.45) is 1.99. The van der Waals surface area contributed by atoms with Gasteiger partial charge in [-0.1, -0.05) is 12.1 Å². The Kier molecular flexibility index (Phi) is 4.11. The highest BCUT2D eigenvalue weighted by atomic mass is 32.2. The molecule has 1 amide bonds. The van der Waals surface area contributed by atoms with Gasteiger partial charge in [0.1, 0.15) is 11.6 Å². The zero-order valence-electron chi connectivity index (χ0n) is 12.9. The lowest BCUT2D eigenvalue weighted by Crippen LogP contribution is -2.15. The van der Waals surface area contributed by atoms with Crippen LogP contribution in [-0.4, -0.2) is 27.5 Å². The molecule has 3 rings (SSSR count). The number of ether oxygens (including phenoxy) is 1. The number of carbonyl (C=O) groups is 1. The van der Waals surface area contributed by atoms with E-state index < -0.39 is 0 Å². The quantitative estimate of drug-likeness (QED) is 0.945. The average molecular weight is 317 g/mol. The Morgan fingerprint density at radius 3 is 2.77 bits per heavy atom. The number of nitrogens with one attached hydrogen (secondary N) is 1. The van der Waals surface area contributed by atoms with Gasteiger partial charge in [0.25, 0.3) is 0 Å². The Labute approximate surface area is 134 Å². The first kappa shape index (κ1) is 15.0. The Morgan fingerprint density at radius 2 is 2.09 bits per heavy atom. The summed E-state index contributed by atoms with van der Waals surface area (Å²) >= 11 is 1.61. The van der Waals surface area contributed by atoms with Crippen LogP contribution in [0.5, 0.6) is 5.75 Å². The fourth-order valence-electron chi connectivity index (χ4n) is 2.49. The molecule has 0 aliphatic carbocycles. The second-order valence-corrected chi connectivity index (χ2v) is 6.64. The smallest absolute Gasteiger partial charge is 0.235 e. The number of anilines is 1. The molecule has 0 spiro atoms. The number of rotatable bonds is 3. The van der Waals surface area contributed by atoms with E-state index in [1.165, 1.54) is 0 Å². The van der Waals surface area contributed by atoms with E-state index in [2.05, 4.69) is 22.5 Å². The number of amides is 1. The molecule has 2 heterocycles. The van der Waals surface area contributed by atoms with Crippen LogP contribution in [0.15, 0.2) is 30.5 Å². The highest BCUT2D eigenvalue weighted by Gasteiger charge is 2.26. The van der Waals surface area contributed by atoms with Crippen LogP contribution in [0.25, 0.3) is 0 Å². The molecule has 6 heteroatoms.